The van der Waals surface area contributed by atoms with E-state index in [1.807, 2.05) is 0 Å². The third-order valence-corrected chi connectivity index (χ3v) is 13.9. The molecule has 43 heavy (non-hydrogen) atoms. The van der Waals surface area contributed by atoms with E-state index in [0.29, 0.717) is 10.8 Å². The van der Waals surface area contributed by atoms with Crippen molar-refractivity contribution < 1.29 is 0 Å². The van der Waals surface area contributed by atoms with Gasteiger partial charge in [0.25, 0.3) is 0 Å². The minimum Gasteiger partial charge on any atom is -0.0651 e. The molecule has 2 saturated carbocycles. The molecule has 0 bridgehead atoms. The molecule has 2 aliphatic rings. The predicted octanol–water partition coefficient (Wildman–Crippen LogP) is 14.4. The predicted molar refractivity (Wildman–Crippen MR) is 195 cm³/mol. The highest BCUT2D eigenvalue weighted by atomic mass is 14.7. The Kier molecular flexibility index (Phi) is 15.7. The van der Waals surface area contributed by atoms with Gasteiger partial charge in [-0.3, -0.25) is 0 Å². The molecule has 0 heterocycles. The van der Waals surface area contributed by atoms with E-state index in [-0.39, 0.29) is 0 Å². The molecule has 0 spiro atoms. The number of rotatable bonds is 23. The van der Waals surface area contributed by atoms with Crippen molar-refractivity contribution in [1.29, 1.82) is 0 Å². The van der Waals surface area contributed by atoms with Crippen LogP contribution in [0.4, 0.5) is 0 Å². The van der Waals surface area contributed by atoms with E-state index in [1.165, 1.54) is 77.0 Å². The quantitative estimate of drug-likeness (QED) is 0.109. The van der Waals surface area contributed by atoms with Crippen LogP contribution in [0.15, 0.2) is 0 Å². The van der Waals surface area contributed by atoms with E-state index in [4.69, 9.17) is 0 Å². The fourth-order valence-electron chi connectivity index (χ4n) is 11.1. The summed E-state index contributed by atoms with van der Waals surface area (Å²) in [4.78, 5) is 0. The van der Waals surface area contributed by atoms with Crippen molar-refractivity contribution in [2.45, 2.75) is 187 Å². The van der Waals surface area contributed by atoms with Gasteiger partial charge in [0, 0.05) is 0 Å². The van der Waals surface area contributed by atoms with Crippen LogP contribution in [0.2, 0.25) is 0 Å². The summed E-state index contributed by atoms with van der Waals surface area (Å²) in [5.41, 5.74) is 1.14. The van der Waals surface area contributed by atoms with Crippen LogP contribution in [0.3, 0.4) is 0 Å². The van der Waals surface area contributed by atoms with Gasteiger partial charge in [0.15, 0.2) is 0 Å². The van der Waals surface area contributed by atoms with Crippen molar-refractivity contribution >= 4 is 0 Å². The smallest absolute Gasteiger partial charge is 0.0235 e. The minimum absolute atomic E-state index is 0.452. The van der Waals surface area contributed by atoms with Gasteiger partial charge in [-0.1, -0.05) is 142 Å². The average Bonchev–Trinajstić information content (AvgIpc) is 3.83. The highest BCUT2D eigenvalue weighted by Gasteiger charge is 2.64. The molecule has 10 atom stereocenters. The molecule has 0 saturated heterocycles. The summed E-state index contributed by atoms with van der Waals surface area (Å²) in [5.74, 6) is 11.5. The molecule has 2 rings (SSSR count). The van der Waals surface area contributed by atoms with Crippen LogP contribution in [0, 0.1) is 87.8 Å². The fourth-order valence-corrected chi connectivity index (χ4v) is 11.1. The Morgan fingerprint density at radius 2 is 1.37 bits per heavy atom. The normalized spacial score (nSPS) is 25.8. The Labute approximate surface area is 274 Å². The molecule has 0 aromatic rings. The van der Waals surface area contributed by atoms with Gasteiger partial charge in [-0.05, 0) is 133 Å². The molecule has 0 nitrogen and oxygen atoms in total. The van der Waals surface area contributed by atoms with Crippen molar-refractivity contribution in [3.8, 4) is 0 Å². The fraction of sp³-hybridized carbons (Fsp3) is 1.00. The molecule has 2 aliphatic carbocycles. The molecule has 0 aromatic heterocycles. The van der Waals surface area contributed by atoms with Gasteiger partial charge in [0.2, 0.25) is 0 Å². The lowest BCUT2D eigenvalue weighted by Gasteiger charge is -2.45. The van der Waals surface area contributed by atoms with Crippen LogP contribution in [-0.4, -0.2) is 0 Å². The standard InChI is InChI=1S/C43H84/c1-16-33(11)38-27-40(38)43(24-25-43)39(18-3)35(13)37(22-21-32(10)26-36(17-2)30(6)7)41(31(8)9)34(12)28-42(14,15)23-19-20-29(4)5/h29-41H,16-28H2,1-15H3. The second-order valence-electron chi connectivity index (χ2n) is 18.9. The maximum Gasteiger partial charge on any atom is -0.0235 e. The summed E-state index contributed by atoms with van der Waals surface area (Å²) in [6, 6.07) is 0. The molecule has 256 valence electrons. The van der Waals surface area contributed by atoms with Crippen LogP contribution >= 0.6 is 0 Å². The summed E-state index contributed by atoms with van der Waals surface area (Å²) < 4.78 is 0. The van der Waals surface area contributed by atoms with Crippen LogP contribution in [0.5, 0.6) is 0 Å². The van der Waals surface area contributed by atoms with Gasteiger partial charge in [0.1, 0.15) is 0 Å². The molecule has 0 aromatic carbocycles. The first-order valence-corrected chi connectivity index (χ1v) is 20.0. The lowest BCUT2D eigenvalue weighted by molar-refractivity contribution is 0.0329. The third-order valence-electron chi connectivity index (χ3n) is 13.9. The second kappa shape index (κ2) is 17.2. The van der Waals surface area contributed by atoms with Gasteiger partial charge in [-0.2, -0.15) is 0 Å². The van der Waals surface area contributed by atoms with Crippen LogP contribution in [0.1, 0.15) is 187 Å². The lowest BCUT2D eigenvalue weighted by Crippen LogP contribution is -2.39. The van der Waals surface area contributed by atoms with Crippen molar-refractivity contribution in [3.05, 3.63) is 0 Å². The van der Waals surface area contributed by atoms with Crippen LogP contribution in [-0.2, 0) is 0 Å². The van der Waals surface area contributed by atoms with E-state index in [9.17, 15) is 0 Å². The van der Waals surface area contributed by atoms with Gasteiger partial charge in [-0.15, -0.1) is 0 Å². The summed E-state index contributed by atoms with van der Waals surface area (Å²) >= 11 is 0. The molecule has 0 aliphatic heterocycles. The summed E-state index contributed by atoms with van der Waals surface area (Å²) in [6.07, 6.45) is 18.6. The van der Waals surface area contributed by atoms with E-state index >= 15 is 0 Å². The molecule has 10 unspecified atom stereocenters. The maximum absolute atomic E-state index is 2.77. The van der Waals surface area contributed by atoms with Crippen LogP contribution < -0.4 is 0 Å². The Balaban J connectivity index is 2.32. The first-order chi connectivity index (χ1) is 20.0. The van der Waals surface area contributed by atoms with Crippen molar-refractivity contribution in [2.24, 2.45) is 87.8 Å². The first-order valence-electron chi connectivity index (χ1n) is 20.0. The van der Waals surface area contributed by atoms with Crippen molar-refractivity contribution in [3.63, 3.8) is 0 Å². The monoisotopic (exact) mass is 601 g/mol. The highest BCUT2D eigenvalue weighted by Crippen LogP contribution is 2.72. The van der Waals surface area contributed by atoms with E-state index in [0.717, 1.165) is 76.9 Å². The molecular formula is C43H84. The zero-order chi connectivity index (χ0) is 32.7. The molecule has 0 heteroatoms. The molecule has 0 radical (unpaired) electrons. The summed E-state index contributed by atoms with van der Waals surface area (Å²) in [6.45, 7) is 38.1. The largest absolute Gasteiger partial charge is 0.0651 e. The zero-order valence-electron chi connectivity index (χ0n) is 32.7. The van der Waals surface area contributed by atoms with E-state index < -0.39 is 0 Å². The molecule has 0 amide bonds. The van der Waals surface area contributed by atoms with Gasteiger partial charge >= 0.3 is 0 Å². The summed E-state index contributed by atoms with van der Waals surface area (Å²) in [5, 5.41) is 0. The topological polar surface area (TPSA) is 0 Å². The molecule has 0 N–H and O–H groups in total. The van der Waals surface area contributed by atoms with Crippen molar-refractivity contribution in [2.75, 3.05) is 0 Å². The lowest BCUT2D eigenvalue weighted by atomic mass is 9.60. The minimum atomic E-state index is 0.452. The SMILES string of the molecule is CCC(C)C1CC1C1(C(CC)C(C)C(CCC(C)CC(CC)C(C)C)C(C(C)C)C(C)CC(C)(C)CCCC(C)C)CC1. The van der Waals surface area contributed by atoms with E-state index in [1.54, 1.807) is 6.42 Å². The van der Waals surface area contributed by atoms with Gasteiger partial charge in [0.05, 0.1) is 0 Å². The summed E-state index contributed by atoms with van der Waals surface area (Å²) in [7, 11) is 0. The average molecular weight is 601 g/mol. The van der Waals surface area contributed by atoms with E-state index in [2.05, 4.69) is 104 Å². The zero-order valence-corrected chi connectivity index (χ0v) is 32.7. The first kappa shape index (κ1) is 39.2. The number of hydrogen-bond donors (Lipinski definition) is 0. The maximum atomic E-state index is 2.77. The van der Waals surface area contributed by atoms with Crippen LogP contribution in [0.25, 0.3) is 0 Å². The van der Waals surface area contributed by atoms with Gasteiger partial charge in [-0.25, -0.2) is 0 Å². The molecular weight excluding hydrogens is 516 g/mol. The Morgan fingerprint density at radius 3 is 1.84 bits per heavy atom. The number of hydrogen-bond acceptors (Lipinski definition) is 0. The Morgan fingerprint density at radius 1 is 0.744 bits per heavy atom. The Bertz CT molecular complexity index is 752. The van der Waals surface area contributed by atoms with Gasteiger partial charge < -0.3 is 0 Å². The van der Waals surface area contributed by atoms with Crippen molar-refractivity contribution in [1.82, 2.24) is 0 Å². The highest BCUT2D eigenvalue weighted by molar-refractivity contribution is 5.12. The second-order valence-corrected chi connectivity index (χ2v) is 18.9. The third kappa shape index (κ3) is 11.0. The Hall–Kier alpha value is 0. The molecule has 2 fully saturated rings.